The van der Waals surface area contributed by atoms with Gasteiger partial charge in [0.1, 0.15) is 43.7 Å². The maximum Gasteiger partial charge on any atom is 0.338 e. The zero-order valence-corrected chi connectivity index (χ0v) is 41.4. The van der Waals surface area contributed by atoms with E-state index < -0.39 is 104 Å². The molecule has 9 rings (SSSR count). The molecular weight excluding hydrogens is 989 g/mol. The molecule has 77 heavy (non-hydrogen) atoms. The minimum Gasteiger partial charge on any atom is -0.459 e. The summed E-state index contributed by atoms with van der Waals surface area (Å²) < 4.78 is 63.9. The van der Waals surface area contributed by atoms with Gasteiger partial charge in [0.15, 0.2) is 30.9 Å². The molecule has 2 aliphatic heterocycles. The number of aliphatic hydroxyl groups excluding tert-OH is 1. The highest BCUT2D eigenvalue weighted by Gasteiger charge is 2.57. The summed E-state index contributed by atoms with van der Waals surface area (Å²) >= 11 is 0. The molecule has 0 amide bonds. The van der Waals surface area contributed by atoms with Crippen LogP contribution < -0.4 is 0 Å². The van der Waals surface area contributed by atoms with Crippen molar-refractivity contribution in [1.29, 1.82) is 0 Å². The number of hydrogen-bond donors (Lipinski definition) is 1. The summed E-state index contributed by atoms with van der Waals surface area (Å²) in [4.78, 5) is 70.4. The largest absolute Gasteiger partial charge is 0.459 e. The fourth-order valence-corrected chi connectivity index (χ4v) is 8.70. The van der Waals surface area contributed by atoms with Crippen LogP contribution in [0.15, 0.2) is 212 Å². The summed E-state index contributed by atoms with van der Waals surface area (Å²) in [6, 6.07) is 58.5. The number of carbonyl (C=O) groups excluding carboxylic acids is 5. The molecule has 2 saturated heterocycles. The third kappa shape index (κ3) is 14.1. The van der Waals surface area contributed by atoms with Gasteiger partial charge < -0.3 is 52.5 Å². The van der Waals surface area contributed by atoms with Crippen molar-refractivity contribution >= 4 is 29.8 Å². The zero-order valence-electron chi connectivity index (χ0n) is 41.4. The van der Waals surface area contributed by atoms with Crippen LogP contribution in [0, 0.1) is 0 Å². The average molecular weight is 1040 g/mol. The highest BCUT2D eigenvalue weighted by Crippen LogP contribution is 2.36. The van der Waals surface area contributed by atoms with Crippen molar-refractivity contribution in [1.82, 2.24) is 0 Å². The third-order valence-electron chi connectivity index (χ3n) is 12.6. The van der Waals surface area contributed by atoms with Crippen molar-refractivity contribution in [3.8, 4) is 0 Å². The van der Waals surface area contributed by atoms with Crippen LogP contribution in [0.4, 0.5) is 0 Å². The van der Waals surface area contributed by atoms with E-state index in [1.165, 1.54) is 36.4 Å². The molecule has 0 unspecified atom stereocenters. The van der Waals surface area contributed by atoms with Crippen molar-refractivity contribution in [3.63, 3.8) is 0 Å². The molecule has 10 atom stereocenters. The summed E-state index contributed by atoms with van der Waals surface area (Å²) in [5.41, 5.74) is 2.12. The first-order valence-electron chi connectivity index (χ1n) is 24.9. The first-order valence-corrected chi connectivity index (χ1v) is 24.9. The minimum absolute atomic E-state index is 0.0322. The summed E-state index contributed by atoms with van der Waals surface area (Å²) in [5.74, 6) is -4.26. The first-order chi connectivity index (χ1) is 37.7. The van der Waals surface area contributed by atoms with Gasteiger partial charge in [0.2, 0.25) is 0 Å². The molecule has 7 aromatic rings. The third-order valence-corrected chi connectivity index (χ3v) is 12.6. The molecule has 0 radical (unpaired) electrons. The molecule has 0 saturated carbocycles. The fourth-order valence-electron chi connectivity index (χ4n) is 8.70. The molecule has 0 bridgehead atoms. The Labute approximate surface area is 443 Å². The van der Waals surface area contributed by atoms with Gasteiger partial charge in [-0.1, -0.05) is 152 Å². The van der Waals surface area contributed by atoms with E-state index in [1.54, 1.807) is 115 Å². The van der Waals surface area contributed by atoms with E-state index in [2.05, 4.69) is 0 Å². The summed E-state index contributed by atoms with van der Waals surface area (Å²) in [6.45, 7) is -1.29. The second kappa shape index (κ2) is 26.4. The van der Waals surface area contributed by atoms with E-state index >= 15 is 0 Å². The van der Waals surface area contributed by atoms with Crippen LogP contribution in [0.1, 0.15) is 62.9 Å². The monoisotopic (exact) mass is 1040 g/mol. The number of rotatable bonds is 20. The Morgan fingerprint density at radius 3 is 1.08 bits per heavy atom. The molecule has 1 N–H and O–H groups in total. The second-order valence-corrected chi connectivity index (χ2v) is 17.9. The summed E-state index contributed by atoms with van der Waals surface area (Å²) in [7, 11) is 0. The smallest absolute Gasteiger partial charge is 0.338 e. The predicted molar refractivity (Wildman–Crippen MR) is 275 cm³/mol. The molecule has 0 spiro atoms. The van der Waals surface area contributed by atoms with E-state index in [1.807, 2.05) is 60.7 Å². The van der Waals surface area contributed by atoms with Crippen LogP contribution in [0.25, 0.3) is 0 Å². The quantitative estimate of drug-likeness (QED) is 0.0564. The standard InChI is InChI=1S/C61H54O16/c62-55(42-26-12-3-13-27-42)70-38-47-49(51(68-36-40-22-8-1-9-23-40)53(60(67)72-47)69-37-41-24-10-2-11-25-41)77-61-54(76-59(66)46-34-20-7-21-35-46)52(75-58(65)45-32-18-6-19-33-45)50(74-57(64)44-30-16-5-17-31-44)48(73-61)39-71-56(63)43-28-14-4-15-29-43/h1-35,47-54,60-61,67H,36-39H2/t47-,48-,49-,50-,51+,52+,53-,54-,60+,61+/m1/s1. The Morgan fingerprint density at radius 2 is 0.675 bits per heavy atom. The predicted octanol–water partition coefficient (Wildman–Crippen LogP) is 8.38. The van der Waals surface area contributed by atoms with Crippen LogP contribution in [-0.2, 0) is 60.6 Å². The molecule has 7 aromatic carbocycles. The van der Waals surface area contributed by atoms with Gasteiger partial charge in [-0.05, 0) is 71.8 Å². The van der Waals surface area contributed by atoms with E-state index in [9.17, 15) is 29.1 Å². The Morgan fingerprint density at radius 1 is 0.351 bits per heavy atom. The van der Waals surface area contributed by atoms with Crippen molar-refractivity contribution < 1.29 is 76.4 Å². The van der Waals surface area contributed by atoms with Gasteiger partial charge in [0, 0.05) is 0 Å². The lowest BCUT2D eigenvalue weighted by Gasteiger charge is -2.48. The molecule has 16 heteroatoms. The van der Waals surface area contributed by atoms with Crippen molar-refractivity contribution in [2.45, 2.75) is 74.6 Å². The normalized spacial score (nSPS) is 22.9. The fraction of sp³-hybridized carbons (Fsp3) is 0.230. The van der Waals surface area contributed by atoms with E-state index in [0.29, 0.717) is 0 Å². The summed E-state index contributed by atoms with van der Waals surface area (Å²) in [6.07, 6.45) is -15.9. The Bertz CT molecular complexity index is 2990. The van der Waals surface area contributed by atoms with Gasteiger partial charge in [-0.25, -0.2) is 24.0 Å². The van der Waals surface area contributed by atoms with E-state index in [-0.39, 0.29) is 41.0 Å². The summed E-state index contributed by atoms with van der Waals surface area (Å²) in [5, 5.41) is 11.9. The van der Waals surface area contributed by atoms with Crippen LogP contribution >= 0.6 is 0 Å². The molecule has 2 aliphatic rings. The molecule has 2 fully saturated rings. The van der Waals surface area contributed by atoms with Gasteiger partial charge in [-0.15, -0.1) is 0 Å². The number of hydrogen-bond acceptors (Lipinski definition) is 16. The lowest BCUT2D eigenvalue weighted by atomic mass is 9.95. The first kappa shape index (κ1) is 53.5. The van der Waals surface area contributed by atoms with E-state index in [0.717, 1.165) is 11.1 Å². The molecule has 0 aromatic heterocycles. The van der Waals surface area contributed by atoms with Gasteiger partial charge in [0.05, 0.1) is 41.0 Å². The zero-order chi connectivity index (χ0) is 53.3. The second-order valence-electron chi connectivity index (χ2n) is 17.9. The highest BCUT2D eigenvalue weighted by atomic mass is 16.8. The lowest BCUT2D eigenvalue weighted by Crippen LogP contribution is -2.67. The van der Waals surface area contributed by atoms with Crippen LogP contribution in [-0.4, -0.2) is 110 Å². The molecule has 16 nitrogen and oxygen atoms in total. The van der Waals surface area contributed by atoms with Crippen LogP contribution in [0.5, 0.6) is 0 Å². The molecule has 394 valence electrons. The van der Waals surface area contributed by atoms with Gasteiger partial charge in [-0.3, -0.25) is 0 Å². The minimum atomic E-state index is -1.86. The van der Waals surface area contributed by atoms with Crippen LogP contribution in [0.3, 0.4) is 0 Å². The SMILES string of the molecule is O=C(OC[C@H]1O[C@H](O)[C@H](OCc2ccccc2)[C@@H](OCc2ccccc2)[C@@H]1O[C@@H]1O[C@H](COC(=O)c2ccccc2)[C@@H](OC(=O)c2ccccc2)[C@H](OC(=O)c2ccccc2)[C@H]1OC(=O)c1ccccc1)c1ccccc1. The Kier molecular flexibility index (Phi) is 18.3. The lowest BCUT2D eigenvalue weighted by molar-refractivity contribution is -0.361. The van der Waals surface area contributed by atoms with Crippen molar-refractivity contribution in [3.05, 3.63) is 251 Å². The molecule has 2 heterocycles. The topological polar surface area (TPSA) is 198 Å². The van der Waals surface area contributed by atoms with E-state index in [4.69, 9.17) is 47.4 Å². The Hall–Kier alpha value is -8.35. The maximum absolute atomic E-state index is 14.5. The van der Waals surface area contributed by atoms with Gasteiger partial charge in [-0.2, -0.15) is 0 Å². The van der Waals surface area contributed by atoms with Gasteiger partial charge in [0.25, 0.3) is 0 Å². The number of esters is 5. The molecular formula is C61H54O16. The van der Waals surface area contributed by atoms with Gasteiger partial charge >= 0.3 is 29.8 Å². The van der Waals surface area contributed by atoms with Crippen molar-refractivity contribution in [2.24, 2.45) is 0 Å². The van der Waals surface area contributed by atoms with Crippen molar-refractivity contribution in [2.75, 3.05) is 13.2 Å². The number of benzene rings is 7. The highest BCUT2D eigenvalue weighted by molar-refractivity contribution is 5.92. The number of carbonyl (C=O) groups is 5. The maximum atomic E-state index is 14.5. The average Bonchev–Trinajstić information content (AvgIpc) is 3.49. The number of aliphatic hydroxyl groups is 1. The number of ether oxygens (including phenoxy) is 10. The van der Waals surface area contributed by atoms with Crippen LogP contribution in [0.2, 0.25) is 0 Å². The Balaban J connectivity index is 1.16. The molecule has 0 aliphatic carbocycles.